The van der Waals surface area contributed by atoms with Gasteiger partial charge in [-0.25, -0.2) is 4.98 Å². The molecule has 0 bridgehead atoms. The number of likely N-dealkylation sites (N-methyl/N-ethyl adjacent to an activating group) is 1. The first-order chi connectivity index (χ1) is 12.1. The molecule has 2 aliphatic rings. The molecule has 0 aliphatic carbocycles. The molecule has 25 heavy (non-hydrogen) atoms. The highest BCUT2D eigenvalue weighted by atomic mass is 35.5. The lowest BCUT2D eigenvalue weighted by atomic mass is 9.91. The second kappa shape index (κ2) is 6.81. The fourth-order valence-electron chi connectivity index (χ4n) is 3.76. The monoisotopic (exact) mass is 358 g/mol. The van der Waals surface area contributed by atoms with E-state index in [4.69, 9.17) is 21.4 Å². The number of pyridine rings is 1. The van der Waals surface area contributed by atoms with Crippen LogP contribution >= 0.6 is 11.6 Å². The molecular weight excluding hydrogens is 336 g/mol. The van der Waals surface area contributed by atoms with Crippen LogP contribution in [0.4, 0.5) is 5.69 Å². The summed E-state index contributed by atoms with van der Waals surface area (Å²) in [5, 5.41) is 5.27. The molecule has 2 aromatic heterocycles. The summed E-state index contributed by atoms with van der Waals surface area (Å²) in [6.45, 7) is 2.59. The van der Waals surface area contributed by atoms with Gasteiger partial charge in [0.05, 0.1) is 17.1 Å². The molecule has 132 valence electrons. The summed E-state index contributed by atoms with van der Waals surface area (Å²) in [6, 6.07) is 3.88. The van der Waals surface area contributed by atoms with Crippen molar-refractivity contribution in [3.8, 4) is 0 Å². The van der Waals surface area contributed by atoms with E-state index in [-0.39, 0.29) is 0 Å². The first kappa shape index (κ1) is 16.6. The number of aryl methyl sites for hydroxylation is 1. The van der Waals surface area contributed by atoms with E-state index < -0.39 is 0 Å². The topological polar surface area (TPSA) is 43.2 Å². The molecule has 4 heterocycles. The zero-order chi connectivity index (χ0) is 17.4. The molecule has 2 aliphatic heterocycles. The van der Waals surface area contributed by atoms with E-state index in [9.17, 15) is 0 Å². The fraction of sp³-hybridized carbons (Fsp3) is 0.474. The first-order valence-electron chi connectivity index (χ1n) is 8.79. The lowest BCUT2D eigenvalue weighted by Crippen LogP contribution is -2.24. The van der Waals surface area contributed by atoms with Gasteiger partial charge >= 0.3 is 0 Å². The van der Waals surface area contributed by atoms with Gasteiger partial charge in [0, 0.05) is 45.6 Å². The smallest absolute Gasteiger partial charge is 0.129 e. The Morgan fingerprint density at radius 2 is 2.04 bits per heavy atom. The average molecular weight is 359 g/mol. The van der Waals surface area contributed by atoms with Gasteiger partial charge in [-0.2, -0.15) is 5.10 Å². The molecule has 5 nitrogen and oxygen atoms in total. The normalized spacial score (nSPS) is 18.2. The van der Waals surface area contributed by atoms with Gasteiger partial charge in [0.1, 0.15) is 5.15 Å². The van der Waals surface area contributed by atoms with Gasteiger partial charge in [0.25, 0.3) is 0 Å². The summed E-state index contributed by atoms with van der Waals surface area (Å²) >= 11 is 6.10. The molecule has 2 aromatic rings. The Bertz CT molecular complexity index is 808. The highest BCUT2D eigenvalue weighted by Gasteiger charge is 2.23. The van der Waals surface area contributed by atoms with Crippen LogP contribution in [0.25, 0.3) is 11.6 Å². The number of halogens is 1. The van der Waals surface area contributed by atoms with Gasteiger partial charge in [-0.1, -0.05) is 11.6 Å². The number of rotatable bonds is 3. The van der Waals surface area contributed by atoms with Gasteiger partial charge in [0.2, 0.25) is 0 Å². The van der Waals surface area contributed by atoms with Gasteiger partial charge in [-0.15, -0.1) is 0 Å². The van der Waals surface area contributed by atoms with Crippen molar-refractivity contribution < 1.29 is 4.74 Å². The fourth-order valence-corrected chi connectivity index (χ4v) is 3.92. The summed E-state index contributed by atoms with van der Waals surface area (Å²) < 4.78 is 7.41. The van der Waals surface area contributed by atoms with Crippen molar-refractivity contribution in [2.24, 2.45) is 13.0 Å². The third-order valence-electron chi connectivity index (χ3n) is 5.07. The van der Waals surface area contributed by atoms with Crippen LogP contribution in [0.2, 0.25) is 5.15 Å². The van der Waals surface area contributed by atoms with E-state index in [2.05, 4.69) is 29.2 Å². The maximum Gasteiger partial charge on any atom is 0.129 e. The van der Waals surface area contributed by atoms with Crippen LogP contribution in [0.15, 0.2) is 18.3 Å². The Balaban J connectivity index is 1.67. The first-order valence-corrected chi connectivity index (χ1v) is 9.17. The maximum atomic E-state index is 6.10. The molecular formula is C19H23ClN4O. The lowest BCUT2D eigenvalue weighted by molar-refractivity contribution is 0.0662. The summed E-state index contributed by atoms with van der Waals surface area (Å²) in [5.74, 6) is 0.657. The van der Waals surface area contributed by atoms with Crippen molar-refractivity contribution in [1.29, 1.82) is 0 Å². The molecule has 0 amide bonds. The van der Waals surface area contributed by atoms with Crippen LogP contribution in [0.3, 0.4) is 0 Å². The quantitative estimate of drug-likeness (QED) is 0.788. The van der Waals surface area contributed by atoms with Gasteiger partial charge in [-0.3, -0.25) is 4.68 Å². The minimum Gasteiger partial charge on any atom is -0.381 e. The van der Waals surface area contributed by atoms with Crippen LogP contribution in [-0.2, 0) is 18.2 Å². The van der Waals surface area contributed by atoms with E-state index in [1.807, 2.05) is 23.9 Å². The van der Waals surface area contributed by atoms with Crippen LogP contribution in [0.1, 0.15) is 29.8 Å². The maximum absolute atomic E-state index is 6.10. The minimum atomic E-state index is 0.526. The zero-order valence-electron chi connectivity index (χ0n) is 14.7. The second-order valence-corrected chi connectivity index (χ2v) is 7.37. The number of fused-ring (bicyclic) bond motifs is 1. The van der Waals surface area contributed by atoms with E-state index in [1.54, 1.807) is 0 Å². The molecule has 0 radical (unpaired) electrons. The van der Waals surface area contributed by atoms with Gasteiger partial charge in [0.15, 0.2) is 0 Å². The summed E-state index contributed by atoms with van der Waals surface area (Å²) in [4.78, 5) is 6.72. The Hall–Kier alpha value is -1.85. The van der Waals surface area contributed by atoms with Crippen molar-refractivity contribution in [2.45, 2.75) is 19.3 Å². The predicted molar refractivity (Wildman–Crippen MR) is 101 cm³/mol. The minimum absolute atomic E-state index is 0.526. The van der Waals surface area contributed by atoms with Crippen molar-refractivity contribution in [1.82, 2.24) is 14.8 Å². The number of aromatic nitrogens is 3. The number of ether oxygens (including phenoxy) is 1. The largest absolute Gasteiger partial charge is 0.381 e. The van der Waals surface area contributed by atoms with Crippen LogP contribution in [0, 0.1) is 5.92 Å². The Labute approximate surface area is 153 Å². The van der Waals surface area contributed by atoms with Gasteiger partial charge in [-0.05, 0) is 49.0 Å². The molecule has 0 spiro atoms. The second-order valence-electron chi connectivity index (χ2n) is 6.99. The Kier molecular flexibility index (Phi) is 4.52. The summed E-state index contributed by atoms with van der Waals surface area (Å²) in [5.41, 5.74) is 5.70. The number of hydrogen-bond acceptors (Lipinski definition) is 4. The summed E-state index contributed by atoms with van der Waals surface area (Å²) in [6.07, 6.45) is 7.54. The van der Waals surface area contributed by atoms with Crippen LogP contribution in [0.5, 0.6) is 0 Å². The molecule has 1 saturated heterocycles. The van der Waals surface area contributed by atoms with Crippen LogP contribution < -0.4 is 4.90 Å². The number of hydrogen-bond donors (Lipinski definition) is 0. The van der Waals surface area contributed by atoms with Crippen LogP contribution in [-0.4, -0.2) is 41.6 Å². The van der Waals surface area contributed by atoms with Crippen molar-refractivity contribution in [3.63, 3.8) is 0 Å². The molecule has 6 heteroatoms. The SMILES string of the molecule is CN1CC(c2cn(C)nc2CC2CCOCC2)=Cc2nc(Cl)ccc21. The summed E-state index contributed by atoms with van der Waals surface area (Å²) in [7, 11) is 4.09. The highest BCUT2D eigenvalue weighted by Crippen LogP contribution is 2.33. The average Bonchev–Trinajstić information content (AvgIpc) is 2.95. The number of nitrogens with zero attached hydrogens (tertiary/aromatic N) is 4. The Morgan fingerprint density at radius 1 is 1.24 bits per heavy atom. The molecule has 0 atom stereocenters. The van der Waals surface area contributed by atoms with Gasteiger partial charge < -0.3 is 9.64 Å². The zero-order valence-corrected chi connectivity index (χ0v) is 15.5. The third-order valence-corrected chi connectivity index (χ3v) is 5.28. The number of anilines is 1. The molecule has 1 fully saturated rings. The van der Waals surface area contributed by atoms with Crippen molar-refractivity contribution in [3.05, 3.63) is 40.4 Å². The van der Waals surface area contributed by atoms with Crippen molar-refractivity contribution >= 4 is 28.9 Å². The molecule has 0 saturated carbocycles. The molecule has 4 rings (SSSR count). The van der Waals surface area contributed by atoms with E-state index >= 15 is 0 Å². The third kappa shape index (κ3) is 3.44. The molecule has 0 aromatic carbocycles. The van der Waals surface area contributed by atoms with E-state index in [1.165, 1.54) is 16.8 Å². The molecule has 0 unspecified atom stereocenters. The Morgan fingerprint density at radius 3 is 2.84 bits per heavy atom. The lowest BCUT2D eigenvalue weighted by Gasteiger charge is -2.27. The van der Waals surface area contributed by atoms with Crippen molar-refractivity contribution in [2.75, 3.05) is 31.7 Å². The van der Waals surface area contributed by atoms with E-state index in [0.717, 1.165) is 50.4 Å². The molecule has 0 N–H and O–H groups in total. The highest BCUT2D eigenvalue weighted by molar-refractivity contribution is 6.29. The predicted octanol–water partition coefficient (Wildman–Crippen LogP) is 3.43. The standard InChI is InChI=1S/C19H23ClN4O/c1-23-11-14(10-17-18(23)3-4-19(20)21-17)15-12-24(2)22-16(15)9-13-5-7-25-8-6-13/h3-4,10,12-13H,5-9,11H2,1-2H3. The van der Waals surface area contributed by atoms with E-state index in [0.29, 0.717) is 11.1 Å².